The summed E-state index contributed by atoms with van der Waals surface area (Å²) in [5, 5.41) is 1.02. The van der Waals surface area contributed by atoms with E-state index in [1.54, 1.807) is 0 Å². The van der Waals surface area contributed by atoms with E-state index in [9.17, 15) is 9.18 Å². The van der Waals surface area contributed by atoms with E-state index in [4.69, 9.17) is 4.42 Å². The SMILES string of the molecule is CC1CC1c1ccc(CCC(=O)N2CC=C(c3c[nH]c4cc(F)ccc34)CC2)o1. The lowest BCUT2D eigenvalue weighted by Gasteiger charge is -2.26. The van der Waals surface area contributed by atoms with Crippen LogP contribution in [0, 0.1) is 11.7 Å². The van der Waals surface area contributed by atoms with Gasteiger partial charge in [-0.3, -0.25) is 4.79 Å². The zero-order chi connectivity index (χ0) is 20.0. The lowest BCUT2D eigenvalue weighted by atomic mass is 9.98. The summed E-state index contributed by atoms with van der Waals surface area (Å²) in [6.45, 7) is 3.57. The summed E-state index contributed by atoms with van der Waals surface area (Å²) in [6, 6.07) is 8.90. The van der Waals surface area contributed by atoms with E-state index >= 15 is 0 Å². The highest BCUT2D eigenvalue weighted by Gasteiger charge is 2.36. The number of hydrogen-bond donors (Lipinski definition) is 1. The van der Waals surface area contributed by atoms with Crippen molar-refractivity contribution < 1.29 is 13.6 Å². The minimum absolute atomic E-state index is 0.166. The molecular weight excluding hydrogens is 367 g/mol. The smallest absolute Gasteiger partial charge is 0.223 e. The number of fused-ring (bicyclic) bond motifs is 1. The van der Waals surface area contributed by atoms with Crippen LogP contribution in [0.5, 0.6) is 0 Å². The van der Waals surface area contributed by atoms with Crippen molar-refractivity contribution in [2.24, 2.45) is 5.92 Å². The zero-order valence-corrected chi connectivity index (χ0v) is 16.6. The fourth-order valence-corrected chi connectivity index (χ4v) is 4.34. The summed E-state index contributed by atoms with van der Waals surface area (Å²) >= 11 is 0. The Morgan fingerprint density at radius 3 is 2.93 bits per heavy atom. The number of aromatic amines is 1. The molecule has 5 heteroatoms. The molecule has 29 heavy (non-hydrogen) atoms. The maximum absolute atomic E-state index is 13.4. The van der Waals surface area contributed by atoms with Gasteiger partial charge in [-0.05, 0) is 54.7 Å². The van der Waals surface area contributed by atoms with Crippen LogP contribution < -0.4 is 0 Å². The predicted molar refractivity (Wildman–Crippen MR) is 111 cm³/mol. The zero-order valence-electron chi connectivity index (χ0n) is 16.6. The molecule has 5 rings (SSSR count). The number of rotatable bonds is 5. The standard InChI is InChI=1S/C24H25FN2O2/c1-15-12-20(15)23-6-3-18(29-23)4-7-24(28)27-10-8-16(9-11-27)21-14-26-22-13-17(25)2-5-19(21)22/h2-3,5-6,8,13-15,20,26H,4,7,9-12H2,1H3. The number of hydrogen-bond acceptors (Lipinski definition) is 2. The van der Waals surface area contributed by atoms with Gasteiger partial charge in [0.2, 0.25) is 5.91 Å². The first-order chi connectivity index (χ1) is 14.1. The second-order valence-electron chi connectivity index (χ2n) is 8.33. The number of nitrogens with one attached hydrogen (secondary N) is 1. The number of aromatic nitrogens is 1. The van der Waals surface area contributed by atoms with Gasteiger partial charge in [0.05, 0.1) is 0 Å². The molecule has 0 bridgehead atoms. The fraction of sp³-hybridized carbons (Fsp3) is 0.375. The first-order valence-electron chi connectivity index (χ1n) is 10.4. The molecule has 3 heterocycles. The number of carbonyl (C=O) groups is 1. The van der Waals surface area contributed by atoms with Crippen molar-refractivity contribution in [2.45, 2.75) is 38.5 Å². The number of halogens is 1. The molecule has 150 valence electrons. The predicted octanol–water partition coefficient (Wildman–Crippen LogP) is 5.27. The van der Waals surface area contributed by atoms with Crippen LogP contribution in [-0.4, -0.2) is 28.9 Å². The van der Waals surface area contributed by atoms with Crippen molar-refractivity contribution in [3.8, 4) is 0 Å². The van der Waals surface area contributed by atoms with Crippen LogP contribution in [0.1, 0.15) is 49.2 Å². The number of aryl methyl sites for hydroxylation is 1. The second-order valence-corrected chi connectivity index (χ2v) is 8.33. The Bertz CT molecular complexity index is 1090. The summed E-state index contributed by atoms with van der Waals surface area (Å²) in [5.74, 6) is 3.21. The summed E-state index contributed by atoms with van der Waals surface area (Å²) in [5.41, 5.74) is 3.11. The molecule has 1 amide bonds. The van der Waals surface area contributed by atoms with Gasteiger partial charge in [-0.1, -0.05) is 13.0 Å². The molecule has 0 spiro atoms. The van der Waals surface area contributed by atoms with E-state index in [2.05, 4.69) is 24.1 Å². The molecule has 0 saturated heterocycles. The summed E-state index contributed by atoms with van der Waals surface area (Å²) in [4.78, 5) is 17.7. The van der Waals surface area contributed by atoms with Crippen molar-refractivity contribution in [1.82, 2.24) is 9.88 Å². The minimum atomic E-state index is -0.240. The van der Waals surface area contributed by atoms with Gasteiger partial charge >= 0.3 is 0 Å². The first-order valence-corrected chi connectivity index (χ1v) is 10.4. The molecule has 1 saturated carbocycles. The van der Waals surface area contributed by atoms with Crippen LogP contribution in [0.15, 0.2) is 47.0 Å². The summed E-state index contributed by atoms with van der Waals surface area (Å²) in [7, 11) is 0. The molecule has 2 unspecified atom stereocenters. The molecular formula is C24H25FN2O2. The van der Waals surface area contributed by atoms with Gasteiger partial charge in [0.1, 0.15) is 17.3 Å². The van der Waals surface area contributed by atoms with Gasteiger partial charge < -0.3 is 14.3 Å². The van der Waals surface area contributed by atoms with Crippen LogP contribution in [-0.2, 0) is 11.2 Å². The summed E-state index contributed by atoms with van der Waals surface area (Å²) < 4.78 is 19.3. The molecule has 1 aliphatic carbocycles. The highest BCUT2D eigenvalue weighted by atomic mass is 19.1. The van der Waals surface area contributed by atoms with Crippen molar-refractivity contribution in [2.75, 3.05) is 13.1 Å². The quantitative estimate of drug-likeness (QED) is 0.643. The van der Waals surface area contributed by atoms with Crippen molar-refractivity contribution in [3.63, 3.8) is 0 Å². The average molecular weight is 392 g/mol. The number of benzene rings is 1. The van der Waals surface area contributed by atoms with E-state index in [-0.39, 0.29) is 11.7 Å². The third-order valence-corrected chi connectivity index (χ3v) is 6.29. The molecule has 2 aromatic heterocycles. The Morgan fingerprint density at radius 1 is 1.31 bits per heavy atom. The van der Waals surface area contributed by atoms with Crippen LogP contribution in [0.25, 0.3) is 16.5 Å². The lowest BCUT2D eigenvalue weighted by molar-refractivity contribution is -0.130. The van der Waals surface area contributed by atoms with Crippen LogP contribution in [0.4, 0.5) is 4.39 Å². The average Bonchev–Trinajstić information content (AvgIpc) is 3.12. The molecule has 1 aliphatic heterocycles. The third kappa shape index (κ3) is 3.61. The van der Waals surface area contributed by atoms with Gasteiger partial charge in [-0.25, -0.2) is 4.39 Å². The van der Waals surface area contributed by atoms with E-state index in [1.165, 1.54) is 24.1 Å². The van der Waals surface area contributed by atoms with Crippen molar-refractivity contribution in [3.05, 3.63) is 65.5 Å². The number of nitrogens with zero attached hydrogens (tertiary/aromatic N) is 1. The topological polar surface area (TPSA) is 49.2 Å². The molecule has 1 aromatic carbocycles. The van der Waals surface area contributed by atoms with Crippen molar-refractivity contribution in [1.29, 1.82) is 0 Å². The molecule has 2 atom stereocenters. The van der Waals surface area contributed by atoms with Crippen molar-refractivity contribution >= 4 is 22.4 Å². The monoisotopic (exact) mass is 392 g/mol. The van der Waals surface area contributed by atoms with E-state index in [1.807, 2.05) is 23.2 Å². The fourth-order valence-electron chi connectivity index (χ4n) is 4.34. The minimum Gasteiger partial charge on any atom is -0.466 e. The highest BCUT2D eigenvalue weighted by Crippen LogP contribution is 2.47. The van der Waals surface area contributed by atoms with Crippen LogP contribution in [0.3, 0.4) is 0 Å². The van der Waals surface area contributed by atoms with Crippen LogP contribution >= 0.6 is 0 Å². The Labute approximate surface area is 169 Å². The number of H-pyrrole nitrogens is 1. The third-order valence-electron chi connectivity index (χ3n) is 6.29. The lowest BCUT2D eigenvalue weighted by Crippen LogP contribution is -2.34. The second kappa shape index (κ2) is 7.21. The van der Waals surface area contributed by atoms with Gasteiger partial charge in [-0.15, -0.1) is 0 Å². The Kier molecular flexibility index (Phi) is 4.53. The molecule has 4 nitrogen and oxygen atoms in total. The maximum Gasteiger partial charge on any atom is 0.223 e. The summed E-state index contributed by atoms with van der Waals surface area (Å²) in [6.07, 6.45) is 7.19. The maximum atomic E-state index is 13.4. The van der Waals surface area contributed by atoms with Crippen LogP contribution in [0.2, 0.25) is 0 Å². The van der Waals surface area contributed by atoms with Gasteiger partial charge in [0.25, 0.3) is 0 Å². The number of furan rings is 1. The van der Waals surface area contributed by atoms with Gasteiger partial charge in [0, 0.05) is 54.5 Å². The molecule has 0 radical (unpaired) electrons. The number of amides is 1. The molecule has 2 aliphatic rings. The number of carbonyl (C=O) groups excluding carboxylic acids is 1. The Morgan fingerprint density at radius 2 is 2.17 bits per heavy atom. The Balaban J connectivity index is 1.19. The van der Waals surface area contributed by atoms with Gasteiger partial charge in [-0.2, -0.15) is 0 Å². The van der Waals surface area contributed by atoms with Gasteiger partial charge in [0.15, 0.2) is 0 Å². The Hall–Kier alpha value is -2.82. The highest BCUT2D eigenvalue weighted by molar-refractivity contribution is 5.93. The first kappa shape index (κ1) is 18.2. The molecule has 1 fully saturated rings. The molecule has 1 N–H and O–H groups in total. The van der Waals surface area contributed by atoms with E-state index in [0.717, 1.165) is 40.3 Å². The van der Waals surface area contributed by atoms with E-state index in [0.29, 0.717) is 31.8 Å². The molecule has 3 aromatic rings. The largest absolute Gasteiger partial charge is 0.466 e. The van der Waals surface area contributed by atoms with E-state index < -0.39 is 0 Å². The normalized spacial score (nSPS) is 21.4.